The number of thiazole rings is 2. The van der Waals surface area contributed by atoms with Gasteiger partial charge in [-0.25, -0.2) is 30.4 Å². The van der Waals surface area contributed by atoms with Crippen LogP contribution in [-0.4, -0.2) is 44.7 Å². The number of aryl methyl sites for hydroxylation is 2. The number of aromatic nitrogens is 2. The number of phenols is 2. The maximum Gasteiger partial charge on any atom is 0.341 e. The molecule has 6 N–H and O–H groups in total. The number of benzene rings is 4. The maximum atomic E-state index is 11.9. The standard InChI is InChI=1S/2C18H16N4O2S.Ni/c2*1-12-7-8-16(23)14(9-12)10-19-22-17(24)21-18-20-15(11-25-18)13-5-3-2-4-6-13;/h2*2-11,23H,1H3,(H2,20,21,22,24);/b2*19-10+;. The van der Waals surface area contributed by atoms with Crippen LogP contribution >= 0.6 is 22.7 Å². The van der Waals surface area contributed by atoms with Gasteiger partial charge in [0.05, 0.1) is 23.8 Å². The average Bonchev–Trinajstić information content (AvgIpc) is 3.79. The molecule has 12 nitrogen and oxygen atoms in total. The summed E-state index contributed by atoms with van der Waals surface area (Å²) in [6.07, 6.45) is 2.78. The molecule has 2 aromatic heterocycles. The van der Waals surface area contributed by atoms with E-state index in [2.05, 4.69) is 41.7 Å². The molecule has 0 radical (unpaired) electrons. The van der Waals surface area contributed by atoms with Crippen LogP contribution < -0.4 is 21.5 Å². The fourth-order valence-corrected chi connectivity index (χ4v) is 5.70. The first-order valence-corrected chi connectivity index (χ1v) is 16.8. The van der Waals surface area contributed by atoms with Crippen molar-refractivity contribution in [3.8, 4) is 34.0 Å². The fourth-order valence-electron chi connectivity index (χ4n) is 4.27. The van der Waals surface area contributed by atoms with Crippen LogP contribution in [0.2, 0.25) is 0 Å². The second-order valence-corrected chi connectivity index (χ2v) is 12.3. The van der Waals surface area contributed by atoms with E-state index in [9.17, 15) is 19.8 Å². The summed E-state index contributed by atoms with van der Waals surface area (Å²) in [5, 5.41) is 37.1. The Kier molecular flexibility index (Phi) is 13.9. The zero-order valence-corrected chi connectivity index (χ0v) is 29.8. The van der Waals surface area contributed by atoms with Crippen molar-refractivity contribution in [2.45, 2.75) is 13.8 Å². The normalized spacial score (nSPS) is 10.5. The quantitative estimate of drug-likeness (QED) is 0.0522. The maximum absolute atomic E-state index is 11.9. The van der Waals surface area contributed by atoms with E-state index in [4.69, 9.17) is 0 Å². The molecule has 15 heteroatoms. The molecule has 4 aromatic carbocycles. The summed E-state index contributed by atoms with van der Waals surface area (Å²) in [5.74, 6) is 0.202. The Labute approximate surface area is 312 Å². The molecule has 6 aromatic rings. The number of urea groups is 2. The zero-order chi connectivity index (χ0) is 35.3. The minimum absolute atomic E-state index is 0. The number of nitrogens with one attached hydrogen (secondary N) is 4. The van der Waals surface area contributed by atoms with Crippen molar-refractivity contribution in [3.05, 3.63) is 130 Å². The van der Waals surface area contributed by atoms with Gasteiger partial charge >= 0.3 is 12.1 Å². The van der Waals surface area contributed by atoms with E-state index in [1.807, 2.05) is 85.3 Å². The second-order valence-electron chi connectivity index (χ2n) is 10.6. The number of carbonyl (C=O) groups is 2. The number of hydrogen-bond donors (Lipinski definition) is 6. The molecule has 0 atom stereocenters. The monoisotopic (exact) mass is 762 g/mol. The Morgan fingerprint density at radius 1 is 0.627 bits per heavy atom. The minimum atomic E-state index is -0.502. The molecule has 2 heterocycles. The Balaban J connectivity index is 0.000000224. The summed E-state index contributed by atoms with van der Waals surface area (Å²) in [6.45, 7) is 3.81. The summed E-state index contributed by atoms with van der Waals surface area (Å²) in [7, 11) is 0. The van der Waals surface area contributed by atoms with E-state index in [1.54, 1.807) is 36.4 Å². The van der Waals surface area contributed by atoms with E-state index in [0.717, 1.165) is 33.6 Å². The van der Waals surface area contributed by atoms with Crippen molar-refractivity contribution in [2.75, 3.05) is 10.6 Å². The molecule has 0 aliphatic heterocycles. The summed E-state index contributed by atoms with van der Waals surface area (Å²) in [5.41, 5.74) is 11.3. The van der Waals surface area contributed by atoms with Crippen molar-refractivity contribution in [1.29, 1.82) is 0 Å². The van der Waals surface area contributed by atoms with Crippen molar-refractivity contribution in [3.63, 3.8) is 0 Å². The average molecular weight is 764 g/mol. The number of nitrogens with zero attached hydrogens (tertiary/aromatic N) is 4. The third-order valence-electron chi connectivity index (χ3n) is 6.69. The molecule has 0 aliphatic rings. The summed E-state index contributed by atoms with van der Waals surface area (Å²) < 4.78 is 0. The largest absolute Gasteiger partial charge is 0.507 e. The van der Waals surface area contributed by atoms with E-state index >= 15 is 0 Å². The molecule has 262 valence electrons. The molecule has 0 bridgehead atoms. The summed E-state index contributed by atoms with van der Waals surface area (Å²) >= 11 is 2.66. The topological polar surface area (TPSA) is 173 Å². The number of amides is 4. The van der Waals surface area contributed by atoms with Crippen molar-refractivity contribution in [2.24, 2.45) is 10.2 Å². The summed E-state index contributed by atoms with van der Waals surface area (Å²) in [6, 6.07) is 28.7. The molecular formula is C36H32N8NiO4S2. The Morgan fingerprint density at radius 3 is 1.41 bits per heavy atom. The van der Waals surface area contributed by atoms with Crippen molar-refractivity contribution in [1.82, 2.24) is 20.8 Å². The van der Waals surface area contributed by atoms with Crippen LogP contribution in [0.4, 0.5) is 19.9 Å². The predicted octanol–water partition coefficient (Wildman–Crippen LogP) is 7.96. The minimum Gasteiger partial charge on any atom is -0.507 e. The molecule has 0 unspecified atom stereocenters. The van der Waals surface area contributed by atoms with Gasteiger partial charge in [-0.05, 0) is 38.1 Å². The van der Waals surface area contributed by atoms with Crippen LogP contribution in [0.3, 0.4) is 0 Å². The van der Waals surface area contributed by atoms with Crippen LogP contribution in [0.1, 0.15) is 22.3 Å². The van der Waals surface area contributed by atoms with Gasteiger partial charge in [-0.2, -0.15) is 10.2 Å². The van der Waals surface area contributed by atoms with E-state index in [1.165, 1.54) is 35.1 Å². The van der Waals surface area contributed by atoms with E-state index in [-0.39, 0.29) is 28.0 Å². The fraction of sp³-hybridized carbons (Fsp3) is 0.0556. The van der Waals surface area contributed by atoms with Gasteiger partial charge in [-0.3, -0.25) is 10.6 Å². The number of aromatic hydroxyl groups is 2. The van der Waals surface area contributed by atoms with Gasteiger partial charge in [0.1, 0.15) is 11.5 Å². The summed E-state index contributed by atoms with van der Waals surface area (Å²) in [4.78, 5) is 32.5. The molecular weight excluding hydrogens is 731 g/mol. The molecule has 0 fully saturated rings. The van der Waals surface area contributed by atoms with Crippen LogP contribution in [0, 0.1) is 13.8 Å². The van der Waals surface area contributed by atoms with Gasteiger partial charge in [-0.1, -0.05) is 83.9 Å². The van der Waals surface area contributed by atoms with Gasteiger partial charge in [-0.15, -0.1) is 22.7 Å². The third-order valence-corrected chi connectivity index (χ3v) is 8.21. The van der Waals surface area contributed by atoms with Crippen LogP contribution in [-0.2, 0) is 16.5 Å². The molecule has 4 amide bonds. The first-order valence-electron chi connectivity index (χ1n) is 15.0. The Morgan fingerprint density at radius 2 is 1.02 bits per heavy atom. The second kappa shape index (κ2) is 18.8. The van der Waals surface area contributed by atoms with Crippen molar-refractivity contribution < 1.29 is 36.3 Å². The SMILES string of the molecule is Cc1ccc(O)c(/C=N/NC(=O)Nc2nc(-c3ccccc3)cs2)c1.Cc1ccc(O)c(/C=N/NC(=O)Nc2nc(-c3ccccc3)cs2)c1.[Ni]. The number of hydrogen-bond acceptors (Lipinski definition) is 10. The number of anilines is 2. The molecule has 0 saturated heterocycles. The number of hydrazone groups is 2. The van der Waals surface area contributed by atoms with E-state index < -0.39 is 12.1 Å². The van der Waals surface area contributed by atoms with Gasteiger partial charge in [0.2, 0.25) is 0 Å². The van der Waals surface area contributed by atoms with Gasteiger partial charge in [0.15, 0.2) is 10.3 Å². The molecule has 51 heavy (non-hydrogen) atoms. The van der Waals surface area contributed by atoms with Crippen LogP contribution in [0.25, 0.3) is 22.5 Å². The van der Waals surface area contributed by atoms with E-state index in [0.29, 0.717) is 21.4 Å². The number of phenolic OH excluding ortho intramolecular Hbond substituents is 2. The molecule has 0 aliphatic carbocycles. The predicted molar refractivity (Wildman–Crippen MR) is 200 cm³/mol. The Bertz CT molecular complexity index is 1970. The Hall–Kier alpha value is -5.89. The number of rotatable bonds is 8. The first kappa shape index (κ1) is 37.9. The van der Waals surface area contributed by atoms with Gasteiger partial charge < -0.3 is 10.2 Å². The smallest absolute Gasteiger partial charge is 0.341 e. The molecule has 0 saturated carbocycles. The first-order chi connectivity index (χ1) is 24.2. The van der Waals surface area contributed by atoms with Crippen molar-refractivity contribution >= 4 is 57.4 Å². The van der Waals surface area contributed by atoms with Gasteiger partial charge in [0.25, 0.3) is 0 Å². The van der Waals surface area contributed by atoms with Gasteiger partial charge in [0, 0.05) is 49.5 Å². The van der Waals surface area contributed by atoms with Crippen LogP contribution in [0.5, 0.6) is 11.5 Å². The number of carbonyl (C=O) groups excluding carboxylic acids is 2. The van der Waals surface area contributed by atoms with Crippen LogP contribution in [0.15, 0.2) is 118 Å². The molecule has 6 rings (SSSR count). The molecule has 0 spiro atoms. The third kappa shape index (κ3) is 11.6. The zero-order valence-electron chi connectivity index (χ0n) is 27.2.